The summed E-state index contributed by atoms with van der Waals surface area (Å²) in [5, 5.41) is 8.76. The molecule has 0 saturated heterocycles. The van der Waals surface area contributed by atoms with Gasteiger partial charge in [0.2, 0.25) is 10.0 Å². The number of rotatable bonds is 6. The molecule has 0 aliphatic carbocycles. The van der Waals surface area contributed by atoms with Crippen LogP contribution in [0.15, 0.2) is 23.1 Å². The SMILES string of the molecule is CCCN(CC(=O)O)S(=O)(=O)c1ccc(C)c(C(F)(F)F)c1. The molecule has 0 unspecified atom stereocenters. The van der Waals surface area contributed by atoms with Crippen LogP contribution in [-0.4, -0.2) is 36.9 Å². The zero-order valence-corrected chi connectivity index (χ0v) is 12.8. The van der Waals surface area contributed by atoms with Gasteiger partial charge in [0.25, 0.3) is 0 Å². The van der Waals surface area contributed by atoms with Gasteiger partial charge in [0, 0.05) is 6.54 Å². The summed E-state index contributed by atoms with van der Waals surface area (Å²) in [5.41, 5.74) is -1.16. The molecule has 0 aliphatic rings. The number of carboxylic acid groups (broad SMARTS) is 1. The molecule has 0 bridgehead atoms. The quantitative estimate of drug-likeness (QED) is 0.864. The van der Waals surface area contributed by atoms with Crippen LogP contribution in [0.25, 0.3) is 0 Å². The summed E-state index contributed by atoms with van der Waals surface area (Å²) in [4.78, 5) is 10.2. The average Bonchev–Trinajstić information content (AvgIpc) is 2.36. The van der Waals surface area contributed by atoms with E-state index in [1.807, 2.05) is 0 Å². The number of hydrogen-bond acceptors (Lipinski definition) is 3. The maximum atomic E-state index is 12.9. The van der Waals surface area contributed by atoms with Crippen LogP contribution in [0, 0.1) is 6.92 Å². The molecule has 9 heteroatoms. The number of carboxylic acids is 1. The first-order valence-electron chi connectivity index (χ1n) is 6.40. The number of carbonyl (C=O) groups is 1. The van der Waals surface area contributed by atoms with Gasteiger partial charge in [0.15, 0.2) is 0 Å². The van der Waals surface area contributed by atoms with E-state index < -0.39 is 39.2 Å². The summed E-state index contributed by atoms with van der Waals surface area (Å²) in [6, 6.07) is 2.64. The predicted octanol–water partition coefficient (Wildman–Crippen LogP) is 2.50. The van der Waals surface area contributed by atoms with Crippen molar-refractivity contribution in [3.05, 3.63) is 29.3 Å². The molecule has 22 heavy (non-hydrogen) atoms. The van der Waals surface area contributed by atoms with Crippen molar-refractivity contribution in [2.45, 2.75) is 31.3 Å². The molecular weight excluding hydrogens is 323 g/mol. The van der Waals surface area contributed by atoms with Gasteiger partial charge in [-0.05, 0) is 31.0 Å². The molecule has 0 spiro atoms. The first kappa shape index (κ1) is 18.4. The molecule has 0 aromatic heterocycles. The van der Waals surface area contributed by atoms with Gasteiger partial charge in [-0.15, -0.1) is 0 Å². The smallest absolute Gasteiger partial charge is 0.416 e. The lowest BCUT2D eigenvalue weighted by Crippen LogP contribution is -2.36. The highest BCUT2D eigenvalue weighted by atomic mass is 32.2. The highest BCUT2D eigenvalue weighted by Crippen LogP contribution is 2.33. The Hall–Kier alpha value is -1.61. The molecule has 1 aromatic rings. The second-order valence-corrected chi connectivity index (χ2v) is 6.64. The Labute approximate surface area is 126 Å². The van der Waals surface area contributed by atoms with Crippen LogP contribution in [0.1, 0.15) is 24.5 Å². The van der Waals surface area contributed by atoms with Crippen molar-refractivity contribution in [1.29, 1.82) is 0 Å². The number of alkyl halides is 3. The van der Waals surface area contributed by atoms with E-state index in [4.69, 9.17) is 5.11 Å². The molecule has 1 rings (SSSR count). The maximum Gasteiger partial charge on any atom is 0.416 e. The van der Waals surface area contributed by atoms with E-state index in [0.29, 0.717) is 16.8 Å². The number of halogens is 3. The van der Waals surface area contributed by atoms with Crippen molar-refractivity contribution < 1.29 is 31.5 Å². The molecule has 1 N–H and O–H groups in total. The first-order valence-corrected chi connectivity index (χ1v) is 7.84. The van der Waals surface area contributed by atoms with Gasteiger partial charge in [-0.1, -0.05) is 13.0 Å². The molecule has 1 aromatic carbocycles. The highest BCUT2D eigenvalue weighted by molar-refractivity contribution is 7.89. The van der Waals surface area contributed by atoms with Gasteiger partial charge in [-0.3, -0.25) is 4.79 Å². The van der Waals surface area contributed by atoms with Crippen LogP contribution in [0.5, 0.6) is 0 Å². The minimum absolute atomic E-state index is 0.0934. The minimum Gasteiger partial charge on any atom is -0.480 e. The van der Waals surface area contributed by atoms with E-state index in [1.165, 1.54) is 6.92 Å². The number of nitrogens with zero attached hydrogens (tertiary/aromatic N) is 1. The van der Waals surface area contributed by atoms with Crippen molar-refractivity contribution in [2.24, 2.45) is 0 Å². The number of aryl methyl sites for hydroxylation is 1. The lowest BCUT2D eigenvalue weighted by Gasteiger charge is -2.20. The molecule has 0 amide bonds. The van der Waals surface area contributed by atoms with Crippen LogP contribution in [0.3, 0.4) is 0 Å². The van der Waals surface area contributed by atoms with Crippen LogP contribution >= 0.6 is 0 Å². The summed E-state index contributed by atoms with van der Waals surface area (Å²) in [6.45, 7) is 1.97. The molecule has 124 valence electrons. The van der Waals surface area contributed by atoms with Gasteiger partial charge in [0.1, 0.15) is 6.54 Å². The standard InChI is InChI=1S/C13H16F3NO4S/c1-3-6-17(8-12(18)19)22(20,21)10-5-4-9(2)11(7-10)13(14,15)16/h4-5,7H,3,6,8H2,1-2H3,(H,18,19). The Bertz CT molecular complexity index is 656. The Morgan fingerprint density at radius 2 is 1.91 bits per heavy atom. The lowest BCUT2D eigenvalue weighted by molar-refractivity contribution is -0.138. The zero-order valence-electron chi connectivity index (χ0n) is 12.0. The van der Waals surface area contributed by atoms with E-state index in [-0.39, 0.29) is 12.1 Å². The number of aliphatic carboxylic acids is 1. The summed E-state index contributed by atoms with van der Waals surface area (Å²) < 4.78 is 64.0. The fraction of sp³-hybridized carbons (Fsp3) is 0.462. The molecule has 0 heterocycles. The molecule has 0 aliphatic heterocycles. The van der Waals surface area contributed by atoms with E-state index in [0.717, 1.165) is 12.1 Å². The van der Waals surface area contributed by atoms with E-state index in [1.54, 1.807) is 6.92 Å². The van der Waals surface area contributed by atoms with Crippen LogP contribution in [-0.2, 0) is 21.0 Å². The third kappa shape index (κ3) is 4.20. The van der Waals surface area contributed by atoms with Crippen LogP contribution < -0.4 is 0 Å². The first-order chi connectivity index (χ1) is 10.00. The Morgan fingerprint density at radius 1 is 1.32 bits per heavy atom. The fourth-order valence-corrected chi connectivity index (χ4v) is 3.41. The van der Waals surface area contributed by atoms with Gasteiger partial charge < -0.3 is 5.11 Å². The van der Waals surface area contributed by atoms with Crippen molar-refractivity contribution in [3.63, 3.8) is 0 Å². The van der Waals surface area contributed by atoms with Gasteiger partial charge in [-0.25, -0.2) is 8.42 Å². The van der Waals surface area contributed by atoms with Crippen LogP contribution in [0.4, 0.5) is 13.2 Å². The molecular formula is C13H16F3NO4S. The Balaban J connectivity index is 3.35. The number of benzene rings is 1. The van der Waals surface area contributed by atoms with Gasteiger partial charge in [-0.2, -0.15) is 17.5 Å². The average molecular weight is 339 g/mol. The van der Waals surface area contributed by atoms with Gasteiger partial charge in [0.05, 0.1) is 10.5 Å². The molecule has 0 radical (unpaired) electrons. The molecule has 0 atom stereocenters. The summed E-state index contributed by atoms with van der Waals surface area (Å²) in [6.07, 6.45) is -4.34. The van der Waals surface area contributed by atoms with Crippen molar-refractivity contribution in [1.82, 2.24) is 4.31 Å². The minimum atomic E-state index is -4.68. The summed E-state index contributed by atoms with van der Waals surface area (Å²) in [5.74, 6) is -1.37. The number of hydrogen-bond donors (Lipinski definition) is 1. The normalized spacial score (nSPS) is 12.6. The zero-order chi connectivity index (χ0) is 17.1. The predicted molar refractivity (Wildman–Crippen MR) is 72.9 cm³/mol. The summed E-state index contributed by atoms with van der Waals surface area (Å²) >= 11 is 0. The molecule has 0 saturated carbocycles. The second kappa shape index (κ2) is 6.66. The fourth-order valence-electron chi connectivity index (χ4n) is 1.90. The third-order valence-corrected chi connectivity index (χ3v) is 4.78. The molecule has 5 nitrogen and oxygen atoms in total. The lowest BCUT2D eigenvalue weighted by atomic mass is 10.1. The van der Waals surface area contributed by atoms with E-state index >= 15 is 0 Å². The largest absolute Gasteiger partial charge is 0.480 e. The van der Waals surface area contributed by atoms with Crippen molar-refractivity contribution in [3.8, 4) is 0 Å². The monoisotopic (exact) mass is 339 g/mol. The Kier molecular flexibility index (Phi) is 5.58. The van der Waals surface area contributed by atoms with Crippen LogP contribution in [0.2, 0.25) is 0 Å². The Morgan fingerprint density at radius 3 is 2.36 bits per heavy atom. The van der Waals surface area contributed by atoms with E-state index in [2.05, 4.69) is 0 Å². The van der Waals surface area contributed by atoms with Crippen molar-refractivity contribution in [2.75, 3.05) is 13.1 Å². The second-order valence-electron chi connectivity index (χ2n) is 4.71. The summed E-state index contributed by atoms with van der Waals surface area (Å²) in [7, 11) is -4.31. The van der Waals surface area contributed by atoms with Gasteiger partial charge >= 0.3 is 12.1 Å². The highest BCUT2D eigenvalue weighted by Gasteiger charge is 2.35. The molecule has 0 fully saturated rings. The third-order valence-electron chi connectivity index (χ3n) is 2.94. The maximum absolute atomic E-state index is 12.9. The van der Waals surface area contributed by atoms with Crippen molar-refractivity contribution >= 4 is 16.0 Å². The topological polar surface area (TPSA) is 74.7 Å². The number of sulfonamides is 1. The van der Waals surface area contributed by atoms with E-state index in [9.17, 15) is 26.4 Å².